The quantitative estimate of drug-likeness (QED) is 0.754. The van der Waals surface area contributed by atoms with Crippen molar-refractivity contribution in [3.63, 3.8) is 0 Å². The number of amides is 2. The smallest absolute Gasteiger partial charge is 0.317 e. The van der Waals surface area contributed by atoms with Gasteiger partial charge in [0.15, 0.2) is 0 Å². The second kappa shape index (κ2) is 5.11. The summed E-state index contributed by atoms with van der Waals surface area (Å²) in [7, 11) is 1.67. The second-order valence-electron chi connectivity index (χ2n) is 6.03. The lowest BCUT2D eigenvalue weighted by molar-refractivity contribution is 0.200. The molecule has 19 heavy (non-hydrogen) atoms. The van der Waals surface area contributed by atoms with E-state index in [9.17, 15) is 4.79 Å². The number of carbonyl (C=O) groups excluding carboxylic acids is 1. The van der Waals surface area contributed by atoms with Crippen LogP contribution in [0.2, 0.25) is 0 Å². The highest BCUT2D eigenvalue weighted by Gasteiger charge is 2.20. The number of rotatable bonds is 0. The average molecular weight is 261 g/mol. The van der Waals surface area contributed by atoms with Crippen LogP contribution in [-0.4, -0.2) is 31.1 Å². The van der Waals surface area contributed by atoms with Crippen molar-refractivity contribution in [1.29, 1.82) is 0 Å². The van der Waals surface area contributed by atoms with Gasteiger partial charge in [-0.2, -0.15) is 0 Å². The van der Waals surface area contributed by atoms with E-state index in [0.29, 0.717) is 6.54 Å². The molecule has 0 fully saturated rings. The fraction of sp³-hybridized carbons (Fsp3) is 0.533. The van der Waals surface area contributed by atoms with Crippen LogP contribution < -0.4 is 10.6 Å². The van der Waals surface area contributed by atoms with Gasteiger partial charge in [-0.15, -0.1) is 0 Å². The molecule has 0 aromatic heterocycles. The van der Waals surface area contributed by atoms with Crippen LogP contribution in [0.25, 0.3) is 0 Å². The zero-order valence-electron chi connectivity index (χ0n) is 12.2. The second-order valence-corrected chi connectivity index (χ2v) is 6.03. The zero-order valence-corrected chi connectivity index (χ0v) is 12.2. The first-order chi connectivity index (χ1) is 8.91. The Bertz CT molecular complexity index is 477. The van der Waals surface area contributed by atoms with Crippen molar-refractivity contribution in [3.05, 3.63) is 29.3 Å². The Balaban J connectivity index is 2.32. The third-order valence-electron chi connectivity index (χ3n) is 3.53. The van der Waals surface area contributed by atoms with Gasteiger partial charge in [-0.3, -0.25) is 0 Å². The maximum Gasteiger partial charge on any atom is 0.317 e. The number of nitrogens with zero attached hydrogens (tertiary/aromatic N) is 1. The summed E-state index contributed by atoms with van der Waals surface area (Å²) in [6.45, 7) is 8.78. The fourth-order valence-electron chi connectivity index (χ4n) is 2.31. The number of nitrogens with one attached hydrogen (secondary N) is 2. The topological polar surface area (TPSA) is 44.4 Å². The van der Waals surface area contributed by atoms with E-state index >= 15 is 0 Å². The van der Waals surface area contributed by atoms with E-state index in [-0.39, 0.29) is 11.4 Å². The standard InChI is InChI=1S/C15H23N3O/c1-15(2,3)12-5-6-13-11(9-12)10-18(8-7-17-13)14(19)16-4/h5-6,9,17H,7-8,10H2,1-4H3,(H,16,19). The zero-order chi connectivity index (χ0) is 14.0. The van der Waals surface area contributed by atoms with Gasteiger partial charge in [0.05, 0.1) is 0 Å². The van der Waals surface area contributed by atoms with Crippen molar-refractivity contribution in [2.24, 2.45) is 0 Å². The highest BCUT2D eigenvalue weighted by Crippen LogP contribution is 2.28. The largest absolute Gasteiger partial charge is 0.383 e. The highest BCUT2D eigenvalue weighted by atomic mass is 16.2. The molecule has 0 saturated carbocycles. The summed E-state index contributed by atoms with van der Waals surface area (Å²) in [6, 6.07) is 6.49. The van der Waals surface area contributed by atoms with Crippen LogP contribution >= 0.6 is 0 Å². The minimum absolute atomic E-state index is 0.0178. The number of anilines is 1. The molecule has 1 aliphatic rings. The number of fused-ring (bicyclic) bond motifs is 1. The molecule has 1 aromatic carbocycles. The fourth-order valence-corrected chi connectivity index (χ4v) is 2.31. The highest BCUT2D eigenvalue weighted by molar-refractivity contribution is 5.74. The molecule has 4 heteroatoms. The summed E-state index contributed by atoms with van der Waals surface area (Å²) < 4.78 is 0. The molecule has 4 nitrogen and oxygen atoms in total. The van der Waals surface area contributed by atoms with Crippen LogP contribution in [0.4, 0.5) is 10.5 Å². The molecule has 0 aliphatic carbocycles. The maximum absolute atomic E-state index is 11.8. The molecule has 0 atom stereocenters. The van der Waals surface area contributed by atoms with Gasteiger partial charge in [-0.25, -0.2) is 4.79 Å². The Hall–Kier alpha value is -1.71. The van der Waals surface area contributed by atoms with E-state index in [4.69, 9.17) is 0 Å². The Morgan fingerprint density at radius 3 is 2.74 bits per heavy atom. The van der Waals surface area contributed by atoms with Crippen LogP contribution in [0.5, 0.6) is 0 Å². The molecular formula is C15H23N3O. The first kappa shape index (κ1) is 13.7. The van der Waals surface area contributed by atoms with Gasteiger partial charge >= 0.3 is 6.03 Å². The van der Waals surface area contributed by atoms with Crippen molar-refractivity contribution in [1.82, 2.24) is 10.2 Å². The molecule has 0 radical (unpaired) electrons. The summed E-state index contributed by atoms with van der Waals surface area (Å²) in [6.07, 6.45) is 0. The summed E-state index contributed by atoms with van der Waals surface area (Å²) in [5.74, 6) is 0. The number of urea groups is 1. The normalized spacial score (nSPS) is 15.3. The van der Waals surface area contributed by atoms with E-state index in [1.54, 1.807) is 7.05 Å². The predicted octanol–water partition coefficient (Wildman–Crippen LogP) is 2.55. The molecule has 0 saturated heterocycles. The third-order valence-corrected chi connectivity index (χ3v) is 3.53. The first-order valence-electron chi connectivity index (χ1n) is 6.76. The molecule has 1 heterocycles. The Kier molecular flexibility index (Phi) is 3.69. The summed E-state index contributed by atoms with van der Waals surface area (Å²) in [5.41, 5.74) is 3.75. The van der Waals surface area contributed by atoms with Gasteiger partial charge in [-0.05, 0) is 22.6 Å². The molecule has 0 spiro atoms. The van der Waals surface area contributed by atoms with E-state index in [1.165, 1.54) is 11.1 Å². The van der Waals surface area contributed by atoms with Crippen LogP contribution in [0.3, 0.4) is 0 Å². The molecule has 2 rings (SSSR count). The Morgan fingerprint density at radius 1 is 1.37 bits per heavy atom. The molecule has 1 aromatic rings. The van der Waals surface area contributed by atoms with Gasteiger partial charge in [0.2, 0.25) is 0 Å². The molecular weight excluding hydrogens is 238 g/mol. The minimum Gasteiger partial charge on any atom is -0.383 e. The number of hydrogen-bond donors (Lipinski definition) is 2. The van der Waals surface area contributed by atoms with Gasteiger partial charge in [0, 0.05) is 32.4 Å². The minimum atomic E-state index is -0.0178. The van der Waals surface area contributed by atoms with Crippen molar-refractivity contribution in [3.8, 4) is 0 Å². The van der Waals surface area contributed by atoms with Crippen molar-refractivity contribution < 1.29 is 4.79 Å². The summed E-state index contributed by atoms with van der Waals surface area (Å²) in [4.78, 5) is 13.6. The van der Waals surface area contributed by atoms with Gasteiger partial charge < -0.3 is 15.5 Å². The Labute approximate surface area is 115 Å². The first-order valence-corrected chi connectivity index (χ1v) is 6.76. The predicted molar refractivity (Wildman–Crippen MR) is 78.5 cm³/mol. The van der Waals surface area contributed by atoms with E-state index in [2.05, 4.69) is 49.6 Å². The Morgan fingerprint density at radius 2 is 2.11 bits per heavy atom. The average Bonchev–Trinajstić information content (AvgIpc) is 2.57. The molecule has 1 aliphatic heterocycles. The monoisotopic (exact) mass is 261 g/mol. The van der Waals surface area contributed by atoms with Crippen LogP contribution in [0, 0.1) is 0 Å². The molecule has 2 N–H and O–H groups in total. The van der Waals surface area contributed by atoms with Crippen LogP contribution in [0.15, 0.2) is 18.2 Å². The van der Waals surface area contributed by atoms with Gasteiger partial charge in [-0.1, -0.05) is 32.9 Å². The van der Waals surface area contributed by atoms with E-state index in [1.807, 2.05) is 4.90 Å². The lowest BCUT2D eigenvalue weighted by Gasteiger charge is -2.23. The molecule has 0 unspecified atom stereocenters. The van der Waals surface area contributed by atoms with Crippen molar-refractivity contribution in [2.45, 2.75) is 32.7 Å². The van der Waals surface area contributed by atoms with Crippen molar-refractivity contribution in [2.75, 3.05) is 25.5 Å². The van der Waals surface area contributed by atoms with Crippen LogP contribution in [-0.2, 0) is 12.0 Å². The number of benzene rings is 1. The number of hydrogen-bond acceptors (Lipinski definition) is 2. The molecule has 104 valence electrons. The van der Waals surface area contributed by atoms with E-state index in [0.717, 1.165) is 18.8 Å². The molecule has 2 amide bonds. The summed E-state index contributed by atoms with van der Waals surface area (Å²) >= 11 is 0. The lowest BCUT2D eigenvalue weighted by Crippen LogP contribution is -2.38. The molecule has 0 bridgehead atoms. The van der Waals surface area contributed by atoms with Gasteiger partial charge in [0.25, 0.3) is 0 Å². The van der Waals surface area contributed by atoms with Gasteiger partial charge in [0.1, 0.15) is 0 Å². The lowest BCUT2D eigenvalue weighted by atomic mass is 9.86. The SMILES string of the molecule is CNC(=O)N1CCNc2ccc(C(C)(C)C)cc2C1. The number of carbonyl (C=O) groups is 1. The van der Waals surface area contributed by atoms with Crippen molar-refractivity contribution >= 4 is 11.7 Å². The third kappa shape index (κ3) is 3.00. The summed E-state index contributed by atoms with van der Waals surface area (Å²) in [5, 5.41) is 6.09. The maximum atomic E-state index is 11.8. The van der Waals surface area contributed by atoms with Crippen LogP contribution in [0.1, 0.15) is 31.9 Å². The van der Waals surface area contributed by atoms with E-state index < -0.39 is 0 Å².